The van der Waals surface area contributed by atoms with Gasteiger partial charge in [-0.2, -0.15) is 26.3 Å². The highest BCUT2D eigenvalue weighted by molar-refractivity contribution is 6.10. The predicted molar refractivity (Wildman–Crippen MR) is 277 cm³/mol. The second-order valence-electron chi connectivity index (χ2n) is 20.2. The van der Waals surface area contributed by atoms with Gasteiger partial charge in [-0.1, -0.05) is 0 Å². The average Bonchev–Trinajstić information content (AvgIpc) is 2.00. The van der Waals surface area contributed by atoms with Crippen molar-refractivity contribution in [2.24, 2.45) is 5.73 Å². The summed E-state index contributed by atoms with van der Waals surface area (Å²) >= 11 is 0. The molecule has 8 aromatic rings. The Balaban J connectivity index is 0.000000201. The molecule has 2 aliphatic heterocycles. The normalized spacial score (nSPS) is 14.0. The zero-order valence-electron chi connectivity index (χ0n) is 45.3. The average molecular weight is 1200 g/mol. The Morgan fingerprint density at radius 2 is 1.00 bits per heavy atom. The number of ketones is 1. The van der Waals surface area contributed by atoms with Gasteiger partial charge < -0.3 is 30.9 Å². The van der Waals surface area contributed by atoms with Crippen molar-refractivity contribution in [3.8, 4) is 34.5 Å². The Morgan fingerprint density at radius 3 is 1.39 bits per heavy atom. The number of anilines is 2. The van der Waals surface area contributed by atoms with E-state index in [-0.39, 0.29) is 80.8 Å². The summed E-state index contributed by atoms with van der Waals surface area (Å²) in [6, 6.07) is 9.02. The Morgan fingerprint density at radius 1 is 0.600 bits per heavy atom. The van der Waals surface area contributed by atoms with Crippen molar-refractivity contribution >= 4 is 46.5 Å². The smallest absolute Gasteiger partial charge is 0.390 e. The van der Waals surface area contributed by atoms with Gasteiger partial charge in [-0.3, -0.25) is 23.2 Å². The first-order valence-electron chi connectivity index (χ1n) is 25.3. The molecule has 0 bridgehead atoms. The van der Waals surface area contributed by atoms with Gasteiger partial charge in [0.05, 0.1) is 39.8 Å². The van der Waals surface area contributed by atoms with Crippen LogP contribution in [0.25, 0.3) is 34.3 Å². The Kier molecular flexibility index (Phi) is 17.1. The highest BCUT2D eigenvalue weighted by Crippen LogP contribution is 2.42. The van der Waals surface area contributed by atoms with Gasteiger partial charge in [0.15, 0.2) is 69.2 Å². The zero-order valence-corrected chi connectivity index (χ0v) is 45.3. The highest BCUT2D eigenvalue weighted by atomic mass is 19.4. The van der Waals surface area contributed by atoms with Crippen LogP contribution in [0.2, 0.25) is 0 Å². The van der Waals surface area contributed by atoms with Crippen molar-refractivity contribution < 1.29 is 86.4 Å². The molecule has 6 aromatic heterocycles. The highest BCUT2D eigenvalue weighted by Gasteiger charge is 2.46. The summed E-state index contributed by atoms with van der Waals surface area (Å²) in [7, 11) is 0. The molecule has 2 aliphatic rings. The van der Waals surface area contributed by atoms with E-state index in [1.807, 2.05) is 0 Å². The second-order valence-corrected chi connectivity index (χ2v) is 20.2. The number of hydrogen-bond donors (Lipinski definition) is 4. The third-order valence-electron chi connectivity index (χ3n) is 13.4. The van der Waals surface area contributed by atoms with Crippen LogP contribution in [0, 0.1) is 48.8 Å². The molecule has 10 rings (SSSR count). The molecule has 0 saturated carbocycles. The van der Waals surface area contributed by atoms with Gasteiger partial charge in [-0.05, 0) is 96.5 Å². The van der Waals surface area contributed by atoms with E-state index in [9.17, 15) is 77.0 Å². The summed E-state index contributed by atoms with van der Waals surface area (Å²) in [5.41, 5.74) is 2.63. The summed E-state index contributed by atoms with van der Waals surface area (Å²) in [6.45, 7) is 7.93. The molecule has 0 atom stereocenters. The lowest BCUT2D eigenvalue weighted by atomic mass is 9.84. The van der Waals surface area contributed by atoms with Gasteiger partial charge in [0.1, 0.15) is 53.6 Å². The van der Waals surface area contributed by atoms with Crippen LogP contribution < -0.4 is 25.8 Å². The number of nitrogens with two attached hydrogens (primary N) is 1. The van der Waals surface area contributed by atoms with Crippen LogP contribution in [0.3, 0.4) is 0 Å². The van der Waals surface area contributed by atoms with Gasteiger partial charge in [-0.15, -0.1) is 0 Å². The molecule has 8 heterocycles. The molecule has 0 aliphatic carbocycles. The van der Waals surface area contributed by atoms with Gasteiger partial charge >= 0.3 is 18.3 Å². The molecular formula is C55H47F12N11O7. The fourth-order valence-electron chi connectivity index (χ4n) is 9.12. The number of nitrogens with one attached hydrogen (secondary N) is 2. The van der Waals surface area contributed by atoms with Gasteiger partial charge in [0.2, 0.25) is 11.8 Å². The molecule has 30 heteroatoms. The number of imidazole rings is 2. The van der Waals surface area contributed by atoms with Crippen molar-refractivity contribution in [1.29, 1.82) is 0 Å². The van der Waals surface area contributed by atoms with Crippen molar-refractivity contribution in [3.63, 3.8) is 0 Å². The van der Waals surface area contributed by atoms with Crippen molar-refractivity contribution in [2.75, 3.05) is 17.2 Å². The van der Waals surface area contributed by atoms with Crippen LogP contribution in [-0.2, 0) is 33.6 Å². The lowest BCUT2D eigenvalue weighted by Crippen LogP contribution is -2.28. The van der Waals surface area contributed by atoms with Crippen molar-refractivity contribution in [3.05, 3.63) is 141 Å². The number of nitrogens with zero attached hydrogens (tertiary/aromatic N) is 8. The Labute approximate surface area is 472 Å². The number of carboxylic acid groups (broad SMARTS) is 1. The summed E-state index contributed by atoms with van der Waals surface area (Å²) in [5.74, 6) is -9.71. The van der Waals surface area contributed by atoms with Gasteiger partial charge in [-0.25, -0.2) is 61.0 Å². The third kappa shape index (κ3) is 12.5. The standard InChI is InChI=1S/C28H23F6N5O3.C24H18F3N5O4.C3H6F3N/c1-13-22(39-11-5-7-18(25(39)35-13)42-12-14-15(29)8-9-16(30)20(14)31)24-36-21(17(40)6-4-10-28(32,33)34)19-23(37-24)38-26(41)27(19,2)3;1-10-18(20-29-17(22(33)34)15-19(30-20)31-23(35)24(15,2)3)32-8-4-5-14(21(32)28-10)36-9-11-12(25)6-7-13(26)16(11)27;4-3(5,6)1-2-7/h5,7-9,11H,4,6,10,12H2,1-3H3,(H,36,37,38,41);4-8H,9H2,1-3H3,(H,33,34)(H,29,30,31,35);1-2,7H2. The number of Topliss-reactive ketones (excluding diaryl/α,β-unsaturated/α-hetero) is 1. The molecule has 0 saturated heterocycles. The maximum atomic E-state index is 14.2. The summed E-state index contributed by atoms with van der Waals surface area (Å²) in [4.78, 5) is 76.7. The van der Waals surface area contributed by atoms with E-state index < -0.39 is 132 Å². The van der Waals surface area contributed by atoms with E-state index in [4.69, 9.17) is 9.47 Å². The van der Waals surface area contributed by atoms with Crippen LogP contribution >= 0.6 is 0 Å². The molecule has 85 heavy (non-hydrogen) atoms. The molecule has 5 N–H and O–H groups in total. The number of aromatic nitrogens is 8. The molecule has 2 amide bonds. The third-order valence-corrected chi connectivity index (χ3v) is 13.4. The maximum absolute atomic E-state index is 14.2. The van der Waals surface area contributed by atoms with Gasteiger partial charge in [0, 0.05) is 42.9 Å². The minimum absolute atomic E-state index is 0.00600. The van der Waals surface area contributed by atoms with E-state index in [2.05, 4.69) is 46.3 Å². The first-order valence-corrected chi connectivity index (χ1v) is 25.3. The summed E-state index contributed by atoms with van der Waals surface area (Å²) in [5, 5.41) is 15.0. The molecule has 448 valence electrons. The molecule has 0 unspecified atom stereocenters. The zero-order chi connectivity index (χ0) is 62.4. The number of pyridine rings is 2. The number of aromatic carboxylic acids is 1. The molecule has 2 aromatic carbocycles. The lowest BCUT2D eigenvalue weighted by Gasteiger charge is -2.18. The van der Waals surface area contributed by atoms with E-state index in [0.717, 1.165) is 12.1 Å². The van der Waals surface area contributed by atoms with Gasteiger partial charge in [0.25, 0.3) is 0 Å². The van der Waals surface area contributed by atoms with E-state index in [0.29, 0.717) is 29.2 Å². The van der Waals surface area contributed by atoms with Crippen LogP contribution in [-0.4, -0.2) is 86.3 Å². The number of benzene rings is 2. The number of amides is 2. The summed E-state index contributed by atoms with van der Waals surface area (Å²) < 4.78 is 169. The molecule has 0 radical (unpaired) electrons. The molecule has 0 fully saturated rings. The quantitative estimate of drug-likeness (QED) is 0.0450. The van der Waals surface area contributed by atoms with Crippen LogP contribution in [0.15, 0.2) is 60.9 Å². The fourth-order valence-corrected chi connectivity index (χ4v) is 9.12. The monoisotopic (exact) mass is 1200 g/mol. The molecular weight excluding hydrogens is 1150 g/mol. The van der Waals surface area contributed by atoms with Crippen LogP contribution in [0.5, 0.6) is 11.5 Å². The number of aryl methyl sites for hydroxylation is 2. The van der Waals surface area contributed by atoms with E-state index in [1.54, 1.807) is 60.0 Å². The summed E-state index contributed by atoms with van der Waals surface area (Å²) in [6.07, 6.45) is -8.30. The van der Waals surface area contributed by atoms with Crippen molar-refractivity contribution in [2.45, 2.75) is 104 Å². The largest absolute Gasteiger partial charge is 0.485 e. The number of carbonyl (C=O) groups is 4. The predicted octanol–water partition coefficient (Wildman–Crippen LogP) is 11.2. The SMILES string of the molecule is Cc1nc2c(OCc3c(F)ccc(F)c3F)cccn2c1-c1nc2c(c(C(=O)CCCC(F)(F)F)n1)C(C)(C)C(=O)N2.Cc1nc2c(OCc3c(F)ccc(F)c3F)cccn2c1-c1nc2c(c(C(=O)O)n1)C(C)(C)C(=O)N2.NCCC(F)(F)F. The van der Waals surface area contributed by atoms with Crippen LogP contribution in [0.4, 0.5) is 64.3 Å². The fraction of sp³-hybridized carbons (Fsp3) is 0.309. The lowest BCUT2D eigenvalue weighted by molar-refractivity contribution is -0.135. The molecule has 18 nitrogen and oxygen atoms in total. The van der Waals surface area contributed by atoms with E-state index in [1.165, 1.54) is 27.0 Å². The first-order chi connectivity index (χ1) is 39.7. The minimum atomic E-state index is -4.44. The number of halogens is 12. The van der Waals surface area contributed by atoms with E-state index >= 15 is 0 Å². The maximum Gasteiger partial charge on any atom is 0.390 e. The number of rotatable bonds is 14. The topological polar surface area (TPSA) is 243 Å². The number of carbonyl (C=O) groups excluding carboxylic acids is 3. The number of fused-ring (bicyclic) bond motifs is 4. The number of alkyl halides is 6. The minimum Gasteiger partial charge on any atom is -0.485 e. The first kappa shape index (κ1) is 61.8. The molecule has 0 spiro atoms. The van der Waals surface area contributed by atoms with Crippen LogP contribution in [0.1, 0.15) is 108 Å². The Bertz CT molecular complexity index is 3990. The second kappa shape index (κ2) is 23.4. The number of ether oxygens (including phenoxy) is 2. The Hall–Kier alpha value is -9.22. The van der Waals surface area contributed by atoms with Crippen molar-refractivity contribution in [1.82, 2.24) is 38.7 Å². The number of carboxylic acids is 1. The number of hydrogen-bond acceptors (Lipinski definition) is 13.